The molecule has 4 aliphatic heterocycles. The Bertz CT molecular complexity index is 2390. The number of carbonyl (C=O) groups excluding carboxylic acids is 3. The minimum Gasteiger partial charge on any atom is -0.481 e. The van der Waals surface area contributed by atoms with Crippen molar-refractivity contribution < 1.29 is 123 Å². The molecule has 0 bridgehead atoms. The lowest BCUT2D eigenvalue weighted by molar-refractivity contribution is -0.362. The van der Waals surface area contributed by atoms with Crippen LogP contribution in [-0.4, -0.2) is 223 Å². The summed E-state index contributed by atoms with van der Waals surface area (Å²) in [5, 5.41) is 120. The van der Waals surface area contributed by atoms with Gasteiger partial charge in [-0.15, -0.1) is 0 Å². The van der Waals surface area contributed by atoms with Gasteiger partial charge >= 0.3 is 23.9 Å². The maximum absolute atomic E-state index is 15.2. The quantitative estimate of drug-likeness (QED) is 0.0494. The van der Waals surface area contributed by atoms with Gasteiger partial charge in [-0.3, -0.25) is 19.2 Å². The van der Waals surface area contributed by atoms with Gasteiger partial charge in [-0.05, 0) is 117 Å². The lowest BCUT2D eigenvalue weighted by atomic mass is 9.33. The number of ether oxygens (including phenoxy) is 10. The van der Waals surface area contributed by atoms with Gasteiger partial charge in [-0.25, -0.2) is 0 Å². The lowest BCUT2D eigenvalue weighted by Gasteiger charge is -2.71. The number of aliphatic hydroxyl groups excluding tert-OH is 10. The summed E-state index contributed by atoms with van der Waals surface area (Å²) in [6.07, 6.45) is -23.7. The van der Waals surface area contributed by atoms with Crippen molar-refractivity contribution in [3.05, 3.63) is 11.6 Å². The number of hydrogen-bond acceptors (Lipinski definition) is 24. The Hall–Kier alpha value is -3.06. The van der Waals surface area contributed by atoms with E-state index >= 15 is 4.79 Å². The van der Waals surface area contributed by atoms with Crippen LogP contribution in [-0.2, 0) is 66.5 Å². The van der Waals surface area contributed by atoms with E-state index in [0.717, 1.165) is 24.8 Å². The molecular formula is C57H88O25. The van der Waals surface area contributed by atoms with Gasteiger partial charge in [-0.1, -0.05) is 46.3 Å². The lowest BCUT2D eigenvalue weighted by Crippen LogP contribution is -2.66. The van der Waals surface area contributed by atoms with E-state index in [1.54, 1.807) is 6.92 Å². The standard InChI is InChI=1S/C57H88O25/c1-24-35(61)37(63)40(66)46(75-24)73-22-30-36(62)38(64)41(67)48(79-30)81-44-29(21-58)78-49(42(68)39(44)65)82-51(72)57-18-16-53(6,50(70)71)20-28(57)27-10-11-33-54(7)14-13-34(52(4,5)32(54)12-15-56(33,9)55(27,8)17-19-57)80-47-43(69)45(77-26(3)60)31(23-74-47)76-25(2)59/h10,24,28-49,58,61-69H,11-23H2,1-9H3,(H,70,71)/t24-,28-,29+,30+,31-,32+,33-,34-,35-,36-,37+,38+,39-,40+,41+,42+,43+,44-,45+,46-,47-,48+,49+,53+,54-,55+,56-,57-/m0/s1. The zero-order valence-corrected chi connectivity index (χ0v) is 48.2. The van der Waals surface area contributed by atoms with E-state index in [1.807, 2.05) is 0 Å². The predicted octanol–water partition coefficient (Wildman–Crippen LogP) is -0.162. The molecule has 9 rings (SSSR count). The summed E-state index contributed by atoms with van der Waals surface area (Å²) >= 11 is 0. The predicted molar refractivity (Wildman–Crippen MR) is 276 cm³/mol. The number of fused-ring (bicyclic) bond motifs is 7. The first-order chi connectivity index (χ1) is 38.3. The van der Waals surface area contributed by atoms with Crippen LogP contribution < -0.4 is 0 Å². The van der Waals surface area contributed by atoms with Crippen molar-refractivity contribution in [1.29, 1.82) is 0 Å². The number of carboxylic acids is 1. The summed E-state index contributed by atoms with van der Waals surface area (Å²) in [5.74, 6) is -3.40. The molecule has 466 valence electrons. The third kappa shape index (κ3) is 10.7. The molecular weight excluding hydrogens is 1080 g/mol. The van der Waals surface area contributed by atoms with Crippen molar-refractivity contribution in [2.24, 2.45) is 50.2 Å². The van der Waals surface area contributed by atoms with Crippen molar-refractivity contribution in [2.75, 3.05) is 19.8 Å². The second-order valence-corrected chi connectivity index (χ2v) is 26.7. The molecule has 0 radical (unpaired) electrons. The fraction of sp³-hybridized carbons (Fsp3) is 0.895. The molecule has 8 fully saturated rings. The molecule has 25 nitrogen and oxygen atoms in total. The maximum Gasteiger partial charge on any atom is 0.315 e. The highest BCUT2D eigenvalue weighted by molar-refractivity contribution is 5.81. The second-order valence-electron chi connectivity index (χ2n) is 26.7. The molecule has 25 heteroatoms. The van der Waals surface area contributed by atoms with Crippen LogP contribution in [0.5, 0.6) is 0 Å². The molecule has 0 unspecified atom stereocenters. The van der Waals surface area contributed by atoms with Crippen molar-refractivity contribution >= 4 is 23.9 Å². The molecule has 4 saturated heterocycles. The summed E-state index contributed by atoms with van der Waals surface area (Å²) in [6.45, 7) is 15.2. The molecule has 0 aromatic rings. The Morgan fingerprint density at radius 1 is 0.622 bits per heavy atom. The van der Waals surface area contributed by atoms with Crippen molar-refractivity contribution in [3.8, 4) is 0 Å². The van der Waals surface area contributed by atoms with Crippen LogP contribution in [0.4, 0.5) is 0 Å². The zero-order chi connectivity index (χ0) is 60.1. The fourth-order valence-electron chi connectivity index (χ4n) is 16.8. The first-order valence-electron chi connectivity index (χ1n) is 29.0. The van der Waals surface area contributed by atoms with Crippen molar-refractivity contribution in [2.45, 2.75) is 249 Å². The first-order valence-corrected chi connectivity index (χ1v) is 29.0. The number of carboxylic acid groups (broad SMARTS) is 1. The maximum atomic E-state index is 15.2. The zero-order valence-electron chi connectivity index (χ0n) is 48.2. The van der Waals surface area contributed by atoms with E-state index < -0.39 is 181 Å². The Morgan fingerprint density at radius 2 is 1.26 bits per heavy atom. The van der Waals surface area contributed by atoms with Crippen LogP contribution >= 0.6 is 0 Å². The number of aliphatic carboxylic acids is 1. The van der Waals surface area contributed by atoms with E-state index in [9.17, 15) is 70.6 Å². The SMILES string of the molecule is CC(=O)O[C@H]1[C@@H](O)[C@H](O[C@H]2CC[C@@]3(C)[C@H](CC[C@@]4(C)[C@H]3CC=C3[C@@H]5C[C@](C)(C(=O)O)CC[C@]5(C(=O)O[C@H]5O[C@H](CO)[C@H](O[C@H]6O[C@H](CO[C@H]7O[C@@H](C)[C@H](O)[C@@H](O)[C@H]7O)[C@H](O)[C@@H](O)[C@H]6O)[C@@H](O)[C@H]5O)CC[C@]34C)C2(C)C)OC[C@@H]1OC(C)=O. The Labute approximate surface area is 476 Å². The molecule has 0 aromatic carbocycles. The number of aliphatic hydroxyl groups is 10. The second kappa shape index (κ2) is 23.2. The summed E-state index contributed by atoms with van der Waals surface area (Å²) in [4.78, 5) is 52.3. The molecule has 28 atom stereocenters. The molecule has 0 spiro atoms. The smallest absolute Gasteiger partial charge is 0.315 e. The molecule has 4 saturated carbocycles. The highest BCUT2D eigenvalue weighted by atomic mass is 16.8. The highest BCUT2D eigenvalue weighted by Crippen LogP contribution is 2.76. The van der Waals surface area contributed by atoms with Crippen LogP contribution in [0.3, 0.4) is 0 Å². The third-order valence-corrected chi connectivity index (χ3v) is 21.8. The van der Waals surface area contributed by atoms with E-state index in [4.69, 9.17) is 47.4 Å². The van der Waals surface area contributed by atoms with Crippen molar-refractivity contribution in [3.63, 3.8) is 0 Å². The highest BCUT2D eigenvalue weighted by Gasteiger charge is 2.71. The minimum atomic E-state index is -2.02. The third-order valence-electron chi connectivity index (χ3n) is 21.8. The summed E-state index contributed by atoms with van der Waals surface area (Å²) in [5.41, 5.74) is -3.05. The van der Waals surface area contributed by atoms with Gasteiger partial charge in [0, 0.05) is 13.8 Å². The molecule has 0 amide bonds. The number of carbonyl (C=O) groups is 4. The molecule has 5 aliphatic carbocycles. The Kier molecular flexibility index (Phi) is 18.0. The van der Waals surface area contributed by atoms with E-state index in [0.29, 0.717) is 25.7 Å². The topological polar surface area (TPSA) is 383 Å². The minimum absolute atomic E-state index is 0.112. The van der Waals surface area contributed by atoms with Gasteiger partial charge in [0.05, 0.1) is 42.9 Å². The number of allylic oxidation sites excluding steroid dienone is 2. The van der Waals surface area contributed by atoms with Gasteiger partial charge in [0.1, 0.15) is 73.2 Å². The van der Waals surface area contributed by atoms with Crippen LogP contribution in [0, 0.1) is 50.2 Å². The van der Waals surface area contributed by atoms with Crippen molar-refractivity contribution in [1.82, 2.24) is 0 Å². The Balaban J connectivity index is 0.908. The number of hydrogen-bond donors (Lipinski definition) is 11. The van der Waals surface area contributed by atoms with Gasteiger partial charge in [-0.2, -0.15) is 0 Å². The number of rotatable bonds is 13. The average molecular weight is 1170 g/mol. The van der Waals surface area contributed by atoms with Gasteiger partial charge in [0.25, 0.3) is 0 Å². The summed E-state index contributed by atoms with van der Waals surface area (Å²) in [6, 6.07) is 0. The van der Waals surface area contributed by atoms with E-state index in [2.05, 4.69) is 40.7 Å². The first kappa shape index (κ1) is 63.4. The van der Waals surface area contributed by atoms with Gasteiger partial charge < -0.3 is 104 Å². The van der Waals surface area contributed by atoms with E-state index in [1.165, 1.54) is 20.8 Å². The summed E-state index contributed by atoms with van der Waals surface area (Å²) < 4.78 is 58.1. The monoisotopic (exact) mass is 1170 g/mol. The molecule has 0 aromatic heterocycles. The largest absolute Gasteiger partial charge is 0.481 e. The Morgan fingerprint density at radius 3 is 1.91 bits per heavy atom. The molecule has 9 aliphatic rings. The van der Waals surface area contributed by atoms with Crippen LogP contribution in [0.2, 0.25) is 0 Å². The molecule has 4 heterocycles. The normalized spacial score (nSPS) is 50.9. The van der Waals surface area contributed by atoms with Crippen LogP contribution in [0.1, 0.15) is 127 Å². The fourth-order valence-corrected chi connectivity index (χ4v) is 16.8. The van der Waals surface area contributed by atoms with Crippen LogP contribution in [0.25, 0.3) is 0 Å². The number of esters is 3. The average Bonchev–Trinajstić information content (AvgIpc) is 3.61. The van der Waals surface area contributed by atoms with Gasteiger partial charge in [0.2, 0.25) is 6.29 Å². The van der Waals surface area contributed by atoms with E-state index in [-0.39, 0.29) is 54.6 Å². The molecule has 11 N–H and O–H groups in total. The molecule has 82 heavy (non-hydrogen) atoms. The van der Waals surface area contributed by atoms with Gasteiger partial charge in [0.15, 0.2) is 31.1 Å². The van der Waals surface area contributed by atoms with Crippen LogP contribution in [0.15, 0.2) is 11.6 Å². The summed E-state index contributed by atoms with van der Waals surface area (Å²) in [7, 11) is 0.